The third-order valence-electron chi connectivity index (χ3n) is 7.08. The summed E-state index contributed by atoms with van der Waals surface area (Å²) in [6.07, 6.45) is 1.78. The molecule has 0 radical (unpaired) electrons. The predicted octanol–water partition coefficient (Wildman–Crippen LogP) is 3.86. The van der Waals surface area contributed by atoms with Crippen LogP contribution in [0.25, 0.3) is 5.69 Å². The third-order valence-corrected chi connectivity index (χ3v) is 7.43. The van der Waals surface area contributed by atoms with Crippen LogP contribution in [0.5, 0.6) is 0 Å². The SMILES string of the molecule is CCOC(=O)CN1C(=S)N[C@H](c2ccccn2)[C@@H]1c1cc(C)n(-c2ccc(N3CCOCC3)cc2)c1C. The van der Waals surface area contributed by atoms with Crippen LogP contribution in [0.2, 0.25) is 0 Å². The Bertz CT molecular complexity index is 1250. The van der Waals surface area contributed by atoms with Gasteiger partial charge in [0.05, 0.1) is 37.6 Å². The second-order valence-electron chi connectivity index (χ2n) is 9.34. The average Bonchev–Trinajstić information content (AvgIpc) is 3.39. The quantitative estimate of drug-likeness (QED) is 0.373. The number of nitrogens with zero attached hydrogens (tertiary/aromatic N) is 4. The van der Waals surface area contributed by atoms with E-state index in [-0.39, 0.29) is 24.6 Å². The number of aryl methyl sites for hydroxylation is 1. The molecule has 0 bridgehead atoms. The first-order valence-electron chi connectivity index (χ1n) is 12.7. The second kappa shape index (κ2) is 10.9. The normalized spacial score (nSPS) is 19.7. The summed E-state index contributed by atoms with van der Waals surface area (Å²) in [5.74, 6) is -0.300. The van der Waals surface area contributed by atoms with Gasteiger partial charge in [-0.15, -0.1) is 0 Å². The van der Waals surface area contributed by atoms with Gasteiger partial charge in [0.25, 0.3) is 0 Å². The Labute approximate surface area is 223 Å². The molecule has 1 aromatic carbocycles. The fraction of sp³-hybridized carbons (Fsp3) is 0.393. The van der Waals surface area contributed by atoms with Gasteiger partial charge in [0.15, 0.2) is 5.11 Å². The number of thiocarbonyl (C=S) groups is 1. The van der Waals surface area contributed by atoms with Crippen molar-refractivity contribution in [3.05, 3.63) is 77.4 Å². The van der Waals surface area contributed by atoms with Crippen molar-refractivity contribution in [2.24, 2.45) is 0 Å². The zero-order valence-corrected chi connectivity index (χ0v) is 22.3. The number of benzene rings is 1. The third kappa shape index (κ3) is 5.06. The molecule has 5 rings (SSSR count). The van der Waals surface area contributed by atoms with E-state index in [1.807, 2.05) is 30.0 Å². The van der Waals surface area contributed by atoms with Crippen LogP contribution in [0, 0.1) is 13.8 Å². The minimum atomic E-state index is -0.300. The average molecular weight is 520 g/mol. The zero-order valence-electron chi connectivity index (χ0n) is 21.5. The Morgan fingerprint density at radius 3 is 2.54 bits per heavy atom. The Balaban J connectivity index is 1.51. The van der Waals surface area contributed by atoms with E-state index in [1.54, 1.807) is 6.20 Å². The Morgan fingerprint density at radius 2 is 1.86 bits per heavy atom. The summed E-state index contributed by atoms with van der Waals surface area (Å²) in [6, 6.07) is 16.3. The van der Waals surface area contributed by atoms with E-state index >= 15 is 0 Å². The van der Waals surface area contributed by atoms with Crippen molar-refractivity contribution in [3.8, 4) is 5.69 Å². The van der Waals surface area contributed by atoms with E-state index in [9.17, 15) is 4.79 Å². The molecular weight excluding hydrogens is 486 g/mol. The number of esters is 1. The molecule has 3 aromatic rings. The first-order valence-corrected chi connectivity index (χ1v) is 13.1. The Kier molecular flexibility index (Phi) is 7.43. The molecule has 2 fully saturated rings. The zero-order chi connectivity index (χ0) is 25.9. The predicted molar refractivity (Wildman–Crippen MR) is 147 cm³/mol. The standard InChI is InChI=1S/C28H33N5O3S/c1-4-36-25(34)18-32-27(26(30-28(32)37)24-7-5-6-12-29-24)23-17-19(2)33(20(23)3)22-10-8-21(9-11-22)31-13-15-35-16-14-31/h5-12,17,26-27H,4,13-16,18H2,1-3H3,(H,30,37)/t26-,27+/m1/s1. The van der Waals surface area contributed by atoms with Gasteiger partial charge in [-0.2, -0.15) is 0 Å². The van der Waals surface area contributed by atoms with E-state index in [0.29, 0.717) is 11.7 Å². The van der Waals surface area contributed by atoms with Gasteiger partial charge in [-0.05, 0) is 81.0 Å². The van der Waals surface area contributed by atoms with E-state index < -0.39 is 0 Å². The molecule has 1 N–H and O–H groups in total. The summed E-state index contributed by atoms with van der Waals surface area (Å²) >= 11 is 5.71. The maximum atomic E-state index is 12.5. The molecule has 2 aliphatic heterocycles. The molecule has 0 unspecified atom stereocenters. The summed E-state index contributed by atoms with van der Waals surface area (Å²) in [6.45, 7) is 9.79. The molecular formula is C28H33N5O3S. The molecule has 194 valence electrons. The number of morpholine rings is 1. The number of nitrogens with one attached hydrogen (secondary N) is 1. The maximum Gasteiger partial charge on any atom is 0.325 e. The van der Waals surface area contributed by atoms with Crippen molar-refractivity contribution >= 4 is 29.0 Å². The lowest BCUT2D eigenvalue weighted by Gasteiger charge is -2.29. The lowest BCUT2D eigenvalue weighted by Crippen LogP contribution is -2.36. The molecule has 2 atom stereocenters. The fourth-order valence-corrected chi connectivity index (χ4v) is 5.68. The van der Waals surface area contributed by atoms with Crippen LogP contribution in [0.15, 0.2) is 54.7 Å². The van der Waals surface area contributed by atoms with E-state index in [4.69, 9.17) is 21.7 Å². The maximum absolute atomic E-state index is 12.5. The minimum absolute atomic E-state index is 0.0750. The summed E-state index contributed by atoms with van der Waals surface area (Å²) < 4.78 is 13.0. The van der Waals surface area contributed by atoms with Gasteiger partial charge >= 0.3 is 5.97 Å². The summed E-state index contributed by atoms with van der Waals surface area (Å²) in [5.41, 5.74) is 6.49. The number of pyridine rings is 1. The summed E-state index contributed by atoms with van der Waals surface area (Å²) in [7, 11) is 0. The van der Waals surface area contributed by atoms with E-state index in [1.165, 1.54) is 5.69 Å². The highest BCUT2D eigenvalue weighted by molar-refractivity contribution is 7.80. The molecule has 37 heavy (non-hydrogen) atoms. The highest BCUT2D eigenvalue weighted by Crippen LogP contribution is 2.41. The minimum Gasteiger partial charge on any atom is -0.465 e. The Morgan fingerprint density at radius 1 is 1.14 bits per heavy atom. The number of ether oxygens (including phenoxy) is 2. The number of hydrogen-bond donors (Lipinski definition) is 1. The van der Waals surface area contributed by atoms with Crippen LogP contribution in [0.1, 0.15) is 41.7 Å². The number of carbonyl (C=O) groups excluding carboxylic acids is 1. The molecule has 4 heterocycles. The van der Waals surface area contributed by atoms with Gasteiger partial charge in [-0.25, -0.2) is 0 Å². The van der Waals surface area contributed by atoms with Crippen LogP contribution in [-0.2, 0) is 14.3 Å². The van der Waals surface area contributed by atoms with Gasteiger partial charge in [-0.3, -0.25) is 9.78 Å². The van der Waals surface area contributed by atoms with Crippen molar-refractivity contribution < 1.29 is 14.3 Å². The van der Waals surface area contributed by atoms with Crippen molar-refractivity contribution in [1.29, 1.82) is 0 Å². The lowest BCUT2D eigenvalue weighted by molar-refractivity contribution is -0.143. The van der Waals surface area contributed by atoms with Crippen molar-refractivity contribution in [2.45, 2.75) is 32.9 Å². The van der Waals surface area contributed by atoms with E-state index in [0.717, 1.165) is 54.6 Å². The van der Waals surface area contributed by atoms with Crippen molar-refractivity contribution in [2.75, 3.05) is 44.4 Å². The summed E-state index contributed by atoms with van der Waals surface area (Å²) in [5, 5.41) is 3.94. The van der Waals surface area contributed by atoms with Gasteiger partial charge < -0.3 is 29.2 Å². The molecule has 0 saturated carbocycles. The van der Waals surface area contributed by atoms with Gasteiger partial charge in [-0.1, -0.05) is 6.07 Å². The first-order chi connectivity index (χ1) is 18.0. The number of carbonyl (C=O) groups is 1. The molecule has 9 heteroatoms. The number of hydrogen-bond acceptors (Lipinski definition) is 6. The summed E-state index contributed by atoms with van der Waals surface area (Å²) in [4.78, 5) is 21.4. The largest absolute Gasteiger partial charge is 0.465 e. The van der Waals surface area contributed by atoms with E-state index in [2.05, 4.69) is 63.9 Å². The molecule has 2 aliphatic rings. The molecule has 2 aromatic heterocycles. The van der Waals surface area contributed by atoms with Gasteiger partial charge in [0, 0.05) is 42.0 Å². The Hall–Kier alpha value is -3.43. The topological polar surface area (TPSA) is 71.9 Å². The van der Waals surface area contributed by atoms with Crippen LogP contribution in [0.3, 0.4) is 0 Å². The molecule has 8 nitrogen and oxygen atoms in total. The van der Waals surface area contributed by atoms with Crippen molar-refractivity contribution in [1.82, 2.24) is 19.8 Å². The first kappa shape index (κ1) is 25.2. The fourth-order valence-electron chi connectivity index (χ4n) is 5.38. The highest BCUT2D eigenvalue weighted by Gasteiger charge is 2.42. The molecule has 0 spiro atoms. The van der Waals surface area contributed by atoms with Crippen LogP contribution < -0.4 is 10.2 Å². The molecule has 2 saturated heterocycles. The number of rotatable bonds is 7. The lowest BCUT2D eigenvalue weighted by atomic mass is 9.97. The van der Waals surface area contributed by atoms with Crippen molar-refractivity contribution in [3.63, 3.8) is 0 Å². The second-order valence-corrected chi connectivity index (χ2v) is 9.72. The smallest absolute Gasteiger partial charge is 0.325 e. The number of aromatic nitrogens is 2. The monoisotopic (exact) mass is 519 g/mol. The van der Waals surface area contributed by atoms with Gasteiger partial charge in [0.2, 0.25) is 0 Å². The van der Waals surface area contributed by atoms with Crippen LogP contribution in [-0.4, -0.2) is 65.0 Å². The van der Waals surface area contributed by atoms with Gasteiger partial charge in [0.1, 0.15) is 6.54 Å². The van der Waals surface area contributed by atoms with Crippen LogP contribution >= 0.6 is 12.2 Å². The highest BCUT2D eigenvalue weighted by atomic mass is 32.1. The molecule has 0 aliphatic carbocycles. The van der Waals surface area contributed by atoms with Crippen LogP contribution in [0.4, 0.5) is 5.69 Å². The number of anilines is 1. The molecule has 0 amide bonds.